The number of nitrogens with one attached hydrogen (secondary N) is 4. The van der Waals surface area contributed by atoms with Crippen LogP contribution in [0.3, 0.4) is 0 Å². The molecule has 0 bridgehead atoms. The topological polar surface area (TPSA) is 369 Å². The largest absolute Gasteiger partial charge is 0.508 e. The third-order valence-electron chi connectivity index (χ3n) is 6.50. The monoisotopic (exact) mass is 667 g/mol. The van der Waals surface area contributed by atoms with Crippen molar-refractivity contribution in [3.63, 3.8) is 0 Å². The minimum absolute atomic E-state index is 0.0281. The molecule has 1 aromatic carbocycles. The maximum atomic E-state index is 13.2. The first-order valence-corrected chi connectivity index (χ1v) is 14.5. The normalized spacial score (nSPS) is 13.9. The Balaban J connectivity index is 3.11. The second-order valence-electron chi connectivity index (χ2n) is 10.3. The van der Waals surface area contributed by atoms with Crippen molar-refractivity contribution < 1.29 is 44.4 Å². The Bertz CT molecular complexity index is 1250. The molecule has 1 aromatic rings. The van der Waals surface area contributed by atoms with Crippen LogP contribution in [0.1, 0.15) is 31.2 Å². The first-order chi connectivity index (χ1) is 22.2. The summed E-state index contributed by atoms with van der Waals surface area (Å²) in [5, 5.41) is 47.7. The molecule has 0 radical (unpaired) electrons. The van der Waals surface area contributed by atoms with Crippen molar-refractivity contribution in [3.8, 4) is 5.75 Å². The van der Waals surface area contributed by atoms with Crippen LogP contribution >= 0.6 is 0 Å². The van der Waals surface area contributed by atoms with Crippen LogP contribution < -0.4 is 49.9 Å². The molecule has 0 aromatic heterocycles. The lowest BCUT2D eigenvalue weighted by Crippen LogP contribution is -2.59. The first-order valence-electron chi connectivity index (χ1n) is 14.5. The summed E-state index contributed by atoms with van der Waals surface area (Å²) >= 11 is 0. The lowest BCUT2D eigenvalue weighted by Gasteiger charge is -2.25. The van der Waals surface area contributed by atoms with E-state index in [4.69, 9.17) is 28.7 Å². The number of rotatable bonds is 21. The van der Waals surface area contributed by atoms with Gasteiger partial charge in [0.15, 0.2) is 11.9 Å². The van der Waals surface area contributed by atoms with E-state index < -0.39 is 73.0 Å². The van der Waals surface area contributed by atoms with Crippen LogP contribution in [-0.2, 0) is 30.4 Å². The van der Waals surface area contributed by atoms with Gasteiger partial charge in [-0.05, 0) is 43.4 Å². The minimum atomic E-state index is -1.62. The number of carbonyl (C=O) groups is 5. The molecule has 20 heteroatoms. The lowest BCUT2D eigenvalue weighted by molar-refractivity contribution is -0.142. The van der Waals surface area contributed by atoms with Gasteiger partial charge in [0, 0.05) is 19.5 Å². The number of aliphatic hydroxyl groups excluding tert-OH is 2. The summed E-state index contributed by atoms with van der Waals surface area (Å²) in [5.41, 5.74) is 27.3. The molecule has 1 rings (SSSR count). The number of guanidine groups is 2. The molecule has 0 fully saturated rings. The van der Waals surface area contributed by atoms with Crippen LogP contribution in [0.15, 0.2) is 34.3 Å². The number of aliphatic carboxylic acids is 1. The molecule has 5 atom stereocenters. The molecular weight excluding hydrogens is 622 g/mol. The molecule has 0 aliphatic heterocycles. The maximum absolute atomic E-state index is 13.2. The zero-order valence-corrected chi connectivity index (χ0v) is 25.7. The van der Waals surface area contributed by atoms with Crippen LogP contribution in [0.5, 0.6) is 5.75 Å². The molecule has 0 saturated heterocycles. The standard InChI is InChI=1S/C27H45N11O9/c28-16(12-39)21(42)35-17(3-1-9-33-26(29)30)23(44)38-20(13-40)24(45)36-18(4-2-10-34-27(31)32)22(43)37-19(25(46)47)11-14-5-7-15(41)8-6-14/h5-8,16-20,39-41H,1-4,9-13,28H2,(H,35,42)(H,36,45)(H,37,43)(H,38,44)(H,46,47)(H4,29,30,33)(H4,31,32,34)/t16-,17-,18-,19-,20-/m0/s1. The summed E-state index contributed by atoms with van der Waals surface area (Å²) < 4.78 is 0. The van der Waals surface area contributed by atoms with E-state index in [1.54, 1.807) is 0 Å². The van der Waals surface area contributed by atoms with Crippen molar-refractivity contribution in [2.24, 2.45) is 38.7 Å². The van der Waals surface area contributed by atoms with E-state index in [2.05, 4.69) is 31.3 Å². The fourth-order valence-corrected chi connectivity index (χ4v) is 3.99. The van der Waals surface area contributed by atoms with E-state index in [1.165, 1.54) is 24.3 Å². The van der Waals surface area contributed by atoms with Gasteiger partial charge in [0.2, 0.25) is 23.6 Å². The minimum Gasteiger partial charge on any atom is -0.508 e. The van der Waals surface area contributed by atoms with Gasteiger partial charge in [-0.3, -0.25) is 29.2 Å². The van der Waals surface area contributed by atoms with Gasteiger partial charge in [-0.2, -0.15) is 0 Å². The summed E-state index contributed by atoms with van der Waals surface area (Å²) in [6.07, 6.45) is 0.112. The number of nitrogens with two attached hydrogens (primary N) is 5. The first kappa shape index (κ1) is 39.8. The van der Waals surface area contributed by atoms with Crippen molar-refractivity contribution in [1.29, 1.82) is 0 Å². The van der Waals surface area contributed by atoms with Gasteiger partial charge < -0.3 is 70.4 Å². The number of amides is 4. The summed E-state index contributed by atoms with van der Waals surface area (Å²) in [4.78, 5) is 71.4. The second kappa shape index (κ2) is 20.7. The van der Waals surface area contributed by atoms with Gasteiger partial charge in [-0.25, -0.2) is 4.79 Å². The predicted octanol–water partition coefficient (Wildman–Crippen LogP) is -5.62. The fraction of sp³-hybridized carbons (Fsp3) is 0.519. The quantitative estimate of drug-likeness (QED) is 0.0330. The zero-order valence-electron chi connectivity index (χ0n) is 25.7. The Morgan fingerprint density at radius 1 is 0.660 bits per heavy atom. The average molecular weight is 668 g/mol. The van der Waals surface area contributed by atoms with E-state index in [-0.39, 0.29) is 62.9 Å². The molecule has 0 aliphatic rings. The number of hydrogen-bond donors (Lipinski definition) is 13. The third-order valence-corrected chi connectivity index (χ3v) is 6.50. The molecule has 18 N–H and O–H groups in total. The van der Waals surface area contributed by atoms with E-state index in [0.29, 0.717) is 5.56 Å². The zero-order chi connectivity index (χ0) is 35.5. The molecule has 4 amide bonds. The van der Waals surface area contributed by atoms with E-state index >= 15 is 0 Å². The average Bonchev–Trinajstić information content (AvgIpc) is 3.02. The molecule has 0 heterocycles. The molecule has 47 heavy (non-hydrogen) atoms. The molecule has 0 saturated carbocycles. The molecule has 20 nitrogen and oxygen atoms in total. The number of carbonyl (C=O) groups excluding carboxylic acids is 4. The summed E-state index contributed by atoms with van der Waals surface area (Å²) in [6.45, 7) is -1.47. The number of aromatic hydroxyl groups is 1. The number of phenolic OH excluding ortho intramolecular Hbond substituents is 1. The number of phenols is 1. The number of aliphatic hydroxyl groups is 2. The summed E-state index contributed by atoms with van der Waals surface area (Å²) in [6, 6.07) is -1.37. The van der Waals surface area contributed by atoms with Crippen molar-refractivity contribution in [3.05, 3.63) is 29.8 Å². The molecule has 262 valence electrons. The molecule has 0 aliphatic carbocycles. The van der Waals surface area contributed by atoms with Gasteiger partial charge in [0.25, 0.3) is 0 Å². The van der Waals surface area contributed by atoms with E-state index in [1.807, 2.05) is 0 Å². The highest BCUT2D eigenvalue weighted by Gasteiger charge is 2.31. The molecule has 0 spiro atoms. The smallest absolute Gasteiger partial charge is 0.326 e. The van der Waals surface area contributed by atoms with Crippen LogP contribution in [0.25, 0.3) is 0 Å². The Labute approximate surface area is 270 Å². The number of carboxylic acids is 1. The van der Waals surface area contributed by atoms with Crippen molar-refractivity contribution in [2.75, 3.05) is 26.3 Å². The second-order valence-corrected chi connectivity index (χ2v) is 10.3. The van der Waals surface area contributed by atoms with Crippen molar-refractivity contribution in [2.45, 2.75) is 62.3 Å². The number of benzene rings is 1. The Morgan fingerprint density at radius 3 is 1.51 bits per heavy atom. The number of hydrogen-bond acceptors (Lipinski definition) is 11. The van der Waals surface area contributed by atoms with Crippen LogP contribution in [0.4, 0.5) is 0 Å². The van der Waals surface area contributed by atoms with Crippen molar-refractivity contribution >= 4 is 41.5 Å². The highest BCUT2D eigenvalue weighted by Crippen LogP contribution is 2.12. The molecule has 0 unspecified atom stereocenters. The van der Waals surface area contributed by atoms with Crippen molar-refractivity contribution in [1.82, 2.24) is 21.3 Å². The van der Waals surface area contributed by atoms with Crippen LogP contribution in [0.2, 0.25) is 0 Å². The third kappa shape index (κ3) is 15.6. The number of carboxylic acid groups (broad SMARTS) is 1. The Hall–Kier alpha value is -5.21. The summed E-state index contributed by atoms with van der Waals surface area (Å²) in [5.74, 6) is -5.48. The highest BCUT2D eigenvalue weighted by atomic mass is 16.4. The van der Waals surface area contributed by atoms with Gasteiger partial charge in [0.1, 0.15) is 36.0 Å². The Kier molecular flexibility index (Phi) is 17.6. The van der Waals surface area contributed by atoms with Crippen LogP contribution in [-0.4, -0.2) is 118 Å². The van der Waals surface area contributed by atoms with E-state index in [9.17, 15) is 44.4 Å². The van der Waals surface area contributed by atoms with Gasteiger partial charge in [-0.1, -0.05) is 12.1 Å². The lowest BCUT2D eigenvalue weighted by atomic mass is 10.0. The Morgan fingerprint density at radius 2 is 1.09 bits per heavy atom. The fourth-order valence-electron chi connectivity index (χ4n) is 3.99. The van der Waals surface area contributed by atoms with Gasteiger partial charge in [0.05, 0.1) is 13.2 Å². The number of aliphatic imine (C=N–C) groups is 2. The highest BCUT2D eigenvalue weighted by molar-refractivity contribution is 5.95. The van der Waals surface area contributed by atoms with Crippen LogP contribution in [0, 0.1) is 0 Å². The van der Waals surface area contributed by atoms with E-state index in [0.717, 1.165) is 0 Å². The number of nitrogens with zero attached hydrogens (tertiary/aromatic N) is 2. The van der Waals surface area contributed by atoms with Gasteiger partial charge in [-0.15, -0.1) is 0 Å². The predicted molar refractivity (Wildman–Crippen MR) is 169 cm³/mol. The maximum Gasteiger partial charge on any atom is 0.326 e. The van der Waals surface area contributed by atoms with Gasteiger partial charge >= 0.3 is 5.97 Å². The summed E-state index contributed by atoms with van der Waals surface area (Å²) in [7, 11) is 0. The molecular formula is C27H45N11O9. The SMILES string of the molecule is NC(N)=NCCC[C@H](NC(=O)[C@H](CO)NC(=O)[C@H](CCCN=C(N)N)NC(=O)[C@@H](N)CO)C(=O)N[C@@H](Cc1ccc(O)cc1)C(=O)O.